The molecule has 1 rings (SSSR count). The van der Waals surface area contributed by atoms with Crippen molar-refractivity contribution in [1.82, 2.24) is 4.90 Å². The fourth-order valence-corrected chi connectivity index (χ4v) is 4.67. The molecule has 1 heterocycles. The van der Waals surface area contributed by atoms with Gasteiger partial charge in [0.05, 0.1) is 12.0 Å². The van der Waals surface area contributed by atoms with Gasteiger partial charge in [-0.15, -0.1) is 0 Å². The molecule has 170 valence electrons. The second-order valence-corrected chi connectivity index (χ2v) is 10.7. The van der Waals surface area contributed by atoms with Gasteiger partial charge in [-0.1, -0.05) is 62.3 Å². The maximum atomic E-state index is 13.2. The van der Waals surface area contributed by atoms with Crippen LogP contribution in [0.4, 0.5) is 4.79 Å². The number of ether oxygens (including phenoxy) is 2. The number of rotatable bonds is 8. The van der Waals surface area contributed by atoms with Gasteiger partial charge in [0, 0.05) is 13.0 Å². The summed E-state index contributed by atoms with van der Waals surface area (Å²) in [5.41, 5.74) is -1.71. The zero-order valence-corrected chi connectivity index (χ0v) is 20.7. The molecule has 1 atom stereocenters. The van der Waals surface area contributed by atoms with E-state index in [1.807, 2.05) is 20.8 Å². The Balaban J connectivity index is 3.05. The fraction of sp³-hybridized carbons (Fsp3) is 0.917. The molecule has 0 saturated carbocycles. The number of hydrogen-bond acceptors (Lipinski definition) is 4. The molecule has 0 aromatic carbocycles. The van der Waals surface area contributed by atoms with Crippen molar-refractivity contribution in [3.8, 4) is 0 Å². The van der Waals surface area contributed by atoms with E-state index < -0.39 is 16.6 Å². The van der Waals surface area contributed by atoms with Gasteiger partial charge in [-0.2, -0.15) is 0 Å². The third-order valence-corrected chi connectivity index (χ3v) is 7.28. The number of carbonyl (C=O) groups excluding carboxylic acids is 2. The quantitative estimate of drug-likeness (QED) is 0.466. The van der Waals surface area contributed by atoms with E-state index >= 15 is 0 Å². The summed E-state index contributed by atoms with van der Waals surface area (Å²) in [4.78, 5) is 27.7. The van der Waals surface area contributed by atoms with Crippen molar-refractivity contribution in [1.29, 1.82) is 0 Å². The van der Waals surface area contributed by atoms with Gasteiger partial charge in [0.1, 0.15) is 11.2 Å². The highest BCUT2D eigenvalue weighted by Crippen LogP contribution is 2.40. The summed E-state index contributed by atoms with van der Waals surface area (Å²) in [7, 11) is 0. The van der Waals surface area contributed by atoms with Crippen molar-refractivity contribution in [2.45, 2.75) is 100 Å². The standard InChI is InChI=1S/C24H45NO4/c1-12-22(10,11)20(26)28-23(16(2)3)13-14-25(15-23)21(27)29-24(17(4)5,18(6)7)19(8)9/h16-19H,12-15H2,1-11H3. The molecule has 1 saturated heterocycles. The second-order valence-electron chi connectivity index (χ2n) is 10.7. The van der Waals surface area contributed by atoms with Crippen LogP contribution < -0.4 is 0 Å². The molecule has 1 fully saturated rings. The summed E-state index contributed by atoms with van der Waals surface area (Å²) in [5.74, 6) is 0.526. The summed E-state index contributed by atoms with van der Waals surface area (Å²) in [5, 5.41) is 0. The van der Waals surface area contributed by atoms with Gasteiger partial charge in [0.2, 0.25) is 0 Å². The van der Waals surface area contributed by atoms with Gasteiger partial charge in [-0.25, -0.2) is 4.79 Å². The van der Waals surface area contributed by atoms with Crippen molar-refractivity contribution in [3.63, 3.8) is 0 Å². The average molecular weight is 412 g/mol. The summed E-state index contributed by atoms with van der Waals surface area (Å²) >= 11 is 0. The Labute approximate surface area is 178 Å². The zero-order valence-electron chi connectivity index (χ0n) is 20.7. The molecule has 0 N–H and O–H groups in total. The van der Waals surface area contributed by atoms with E-state index in [0.717, 1.165) is 0 Å². The van der Waals surface area contributed by atoms with Gasteiger partial charge in [0.25, 0.3) is 0 Å². The van der Waals surface area contributed by atoms with E-state index in [-0.39, 0.29) is 35.7 Å². The van der Waals surface area contributed by atoms with E-state index in [1.54, 1.807) is 4.90 Å². The van der Waals surface area contributed by atoms with Crippen LogP contribution in [0.3, 0.4) is 0 Å². The molecule has 5 heteroatoms. The molecule has 1 amide bonds. The highest BCUT2D eigenvalue weighted by atomic mass is 16.6. The Morgan fingerprint density at radius 2 is 1.45 bits per heavy atom. The van der Waals surface area contributed by atoms with Crippen molar-refractivity contribution in [2.24, 2.45) is 29.1 Å². The Morgan fingerprint density at radius 1 is 0.966 bits per heavy atom. The number of carbonyl (C=O) groups is 2. The number of esters is 1. The lowest BCUT2D eigenvalue weighted by Crippen LogP contribution is -2.52. The first-order valence-corrected chi connectivity index (χ1v) is 11.4. The van der Waals surface area contributed by atoms with E-state index in [9.17, 15) is 9.59 Å². The van der Waals surface area contributed by atoms with Gasteiger partial charge in [-0.05, 0) is 43.9 Å². The van der Waals surface area contributed by atoms with Crippen LogP contribution in [0.15, 0.2) is 0 Å². The summed E-state index contributed by atoms with van der Waals surface area (Å²) in [6, 6.07) is 0. The Kier molecular flexibility index (Phi) is 8.23. The lowest BCUT2D eigenvalue weighted by molar-refractivity contribution is -0.174. The molecule has 1 unspecified atom stereocenters. The number of likely N-dealkylation sites (tertiary alicyclic amines) is 1. The predicted molar refractivity (Wildman–Crippen MR) is 118 cm³/mol. The second kappa shape index (κ2) is 9.26. The zero-order chi connectivity index (χ0) is 22.8. The third kappa shape index (κ3) is 5.08. The highest BCUT2D eigenvalue weighted by Gasteiger charge is 2.50. The molecular formula is C24H45NO4. The molecule has 1 aliphatic rings. The van der Waals surface area contributed by atoms with Crippen LogP contribution >= 0.6 is 0 Å². The number of hydrogen-bond donors (Lipinski definition) is 0. The molecule has 1 aliphatic heterocycles. The molecule has 0 bridgehead atoms. The average Bonchev–Trinajstić information content (AvgIpc) is 3.04. The number of nitrogens with zero attached hydrogens (tertiary/aromatic N) is 1. The van der Waals surface area contributed by atoms with Crippen LogP contribution in [0.2, 0.25) is 0 Å². The lowest BCUT2D eigenvalue weighted by Gasteiger charge is -2.45. The van der Waals surface area contributed by atoms with Gasteiger partial charge >= 0.3 is 12.1 Å². The molecule has 0 aromatic heterocycles. The maximum Gasteiger partial charge on any atom is 0.410 e. The molecule has 0 aromatic rings. The van der Waals surface area contributed by atoms with E-state index in [4.69, 9.17) is 9.47 Å². The monoisotopic (exact) mass is 411 g/mol. The van der Waals surface area contributed by atoms with Gasteiger partial charge in [0.15, 0.2) is 0 Å². The van der Waals surface area contributed by atoms with Gasteiger partial charge in [-0.3, -0.25) is 4.79 Å². The molecular weight excluding hydrogens is 366 g/mol. The minimum atomic E-state index is -0.654. The molecule has 0 spiro atoms. The number of amides is 1. The minimum absolute atomic E-state index is 0.113. The molecule has 5 nitrogen and oxygen atoms in total. The fourth-order valence-electron chi connectivity index (χ4n) is 4.67. The van der Waals surface area contributed by atoms with E-state index in [2.05, 4.69) is 55.4 Å². The van der Waals surface area contributed by atoms with Crippen LogP contribution in [0, 0.1) is 29.1 Å². The van der Waals surface area contributed by atoms with Crippen LogP contribution in [0.25, 0.3) is 0 Å². The predicted octanol–water partition coefficient (Wildman–Crippen LogP) is 5.91. The lowest BCUT2D eigenvalue weighted by atomic mass is 9.72. The van der Waals surface area contributed by atoms with Crippen LogP contribution in [-0.4, -0.2) is 41.3 Å². The first-order chi connectivity index (χ1) is 13.2. The minimum Gasteiger partial charge on any atom is -0.456 e. The summed E-state index contributed by atoms with van der Waals surface area (Å²) in [6.45, 7) is 23.5. The van der Waals surface area contributed by atoms with Crippen LogP contribution in [0.1, 0.15) is 89.0 Å². The Hall–Kier alpha value is -1.26. The largest absolute Gasteiger partial charge is 0.456 e. The smallest absolute Gasteiger partial charge is 0.410 e. The third-order valence-electron chi connectivity index (χ3n) is 7.28. The molecule has 0 aliphatic carbocycles. The van der Waals surface area contributed by atoms with E-state index in [0.29, 0.717) is 25.9 Å². The summed E-state index contributed by atoms with van der Waals surface area (Å²) in [6.07, 6.45) is 1.06. The summed E-state index contributed by atoms with van der Waals surface area (Å²) < 4.78 is 12.3. The van der Waals surface area contributed by atoms with Crippen molar-refractivity contribution < 1.29 is 19.1 Å². The van der Waals surface area contributed by atoms with Crippen LogP contribution in [0.5, 0.6) is 0 Å². The molecule has 29 heavy (non-hydrogen) atoms. The maximum absolute atomic E-state index is 13.2. The highest BCUT2D eigenvalue weighted by molar-refractivity contribution is 5.76. The van der Waals surface area contributed by atoms with Gasteiger partial charge < -0.3 is 14.4 Å². The van der Waals surface area contributed by atoms with Crippen molar-refractivity contribution in [3.05, 3.63) is 0 Å². The first kappa shape index (κ1) is 25.8. The SMILES string of the molecule is CCC(C)(C)C(=O)OC1(C(C)C)CCN(C(=O)OC(C(C)C)(C(C)C)C(C)C)C1. The topological polar surface area (TPSA) is 55.8 Å². The molecule has 0 radical (unpaired) electrons. The normalized spacial score (nSPS) is 20.9. The van der Waals surface area contributed by atoms with Crippen molar-refractivity contribution >= 4 is 12.1 Å². The van der Waals surface area contributed by atoms with E-state index in [1.165, 1.54) is 0 Å². The van der Waals surface area contributed by atoms with Crippen molar-refractivity contribution in [2.75, 3.05) is 13.1 Å². The Morgan fingerprint density at radius 3 is 1.83 bits per heavy atom. The Bertz CT molecular complexity index is 558. The first-order valence-electron chi connectivity index (χ1n) is 11.4. The van der Waals surface area contributed by atoms with Crippen LogP contribution in [-0.2, 0) is 14.3 Å².